The minimum absolute atomic E-state index is 0.250. The molecule has 0 spiro atoms. The van der Waals surface area contributed by atoms with E-state index in [4.69, 9.17) is 14.0 Å². The van der Waals surface area contributed by atoms with Crippen LogP contribution in [0.25, 0.3) is 10.8 Å². The highest BCUT2D eigenvalue weighted by Crippen LogP contribution is 2.37. The highest BCUT2D eigenvalue weighted by atomic mass is 16.7. The summed E-state index contributed by atoms with van der Waals surface area (Å²) in [5, 5.41) is 9.86. The number of rotatable bonds is 5. The molecule has 1 saturated heterocycles. The van der Waals surface area contributed by atoms with Gasteiger partial charge in [-0.15, -0.1) is 0 Å². The number of fused-ring (bicyclic) bond motifs is 1. The van der Waals surface area contributed by atoms with Crippen molar-refractivity contribution < 1.29 is 23.6 Å². The molecular weight excluding hydrogens is 435 g/mol. The van der Waals surface area contributed by atoms with Gasteiger partial charge in [0.2, 0.25) is 0 Å². The van der Waals surface area contributed by atoms with E-state index in [9.17, 15) is 9.59 Å². The summed E-state index contributed by atoms with van der Waals surface area (Å²) in [6.07, 6.45) is 1.18. The third-order valence-electron chi connectivity index (χ3n) is 5.93. The highest BCUT2D eigenvalue weighted by molar-refractivity contribution is 6.65. The van der Waals surface area contributed by atoms with Crippen LogP contribution in [0.5, 0.6) is 0 Å². The van der Waals surface area contributed by atoms with E-state index in [1.807, 2.05) is 67.5 Å². The molecule has 2 heterocycles. The van der Waals surface area contributed by atoms with Gasteiger partial charge in [0, 0.05) is 24.7 Å². The molecule has 3 amide bonds. The lowest BCUT2D eigenvalue weighted by Gasteiger charge is -2.32. The molecule has 1 aliphatic rings. The van der Waals surface area contributed by atoms with Crippen molar-refractivity contribution in [3.05, 3.63) is 30.0 Å². The minimum Gasteiger partial charge on any atom is -0.444 e. The van der Waals surface area contributed by atoms with Gasteiger partial charge in [0.15, 0.2) is 0 Å². The molecule has 184 valence electrons. The lowest BCUT2D eigenvalue weighted by Crippen LogP contribution is -2.41. The lowest BCUT2D eigenvalue weighted by molar-refractivity contribution is 0.00578. The fourth-order valence-corrected chi connectivity index (χ4v) is 3.52. The van der Waals surface area contributed by atoms with Crippen LogP contribution in [-0.2, 0) is 20.6 Å². The Hall–Kier alpha value is -2.85. The number of carbonyl (C=O) groups is 2. The molecule has 1 fully saturated rings. The van der Waals surface area contributed by atoms with E-state index in [0.29, 0.717) is 12.4 Å². The van der Waals surface area contributed by atoms with Gasteiger partial charge < -0.3 is 24.7 Å². The molecule has 1 aliphatic heterocycles. The number of urea groups is 1. The summed E-state index contributed by atoms with van der Waals surface area (Å²) in [6.45, 7) is 16.0. The molecule has 3 N–H and O–H groups in total. The van der Waals surface area contributed by atoms with E-state index < -0.39 is 30.0 Å². The molecule has 0 aliphatic carbocycles. The third kappa shape index (κ3) is 5.79. The molecule has 34 heavy (non-hydrogen) atoms. The molecule has 2 aromatic rings. The van der Waals surface area contributed by atoms with E-state index in [1.165, 1.54) is 0 Å². The SMILES string of the molecule is CCNC(=O)Nc1cc2c(B3OC(C)(C)C(C)(C)O3)ccc(CNC(=O)OC(C)(C)C)c2cn1. The smallest absolute Gasteiger partial charge is 0.444 e. The average Bonchev–Trinajstić information content (AvgIpc) is 2.91. The van der Waals surface area contributed by atoms with Crippen molar-refractivity contribution >= 4 is 41.3 Å². The Morgan fingerprint density at radius 2 is 1.71 bits per heavy atom. The van der Waals surface area contributed by atoms with Crippen molar-refractivity contribution in [1.29, 1.82) is 0 Å². The normalized spacial score (nSPS) is 16.9. The second-order valence-corrected chi connectivity index (χ2v) is 10.4. The number of hydrogen-bond acceptors (Lipinski definition) is 6. The summed E-state index contributed by atoms with van der Waals surface area (Å²) in [5.74, 6) is 0.397. The Balaban J connectivity index is 1.98. The first-order chi connectivity index (χ1) is 15.7. The van der Waals surface area contributed by atoms with E-state index in [-0.39, 0.29) is 12.6 Å². The van der Waals surface area contributed by atoms with Crippen molar-refractivity contribution in [2.24, 2.45) is 0 Å². The number of alkyl carbamates (subject to hydrolysis) is 1. The molecule has 0 unspecified atom stereocenters. The average molecular weight is 470 g/mol. The van der Waals surface area contributed by atoms with Gasteiger partial charge in [0.25, 0.3) is 0 Å². The van der Waals surface area contributed by atoms with Gasteiger partial charge in [0.1, 0.15) is 11.4 Å². The monoisotopic (exact) mass is 470 g/mol. The van der Waals surface area contributed by atoms with Gasteiger partial charge in [-0.3, -0.25) is 5.32 Å². The predicted molar refractivity (Wildman–Crippen MR) is 133 cm³/mol. The number of benzene rings is 1. The summed E-state index contributed by atoms with van der Waals surface area (Å²) < 4.78 is 17.9. The molecule has 9 nitrogen and oxygen atoms in total. The maximum atomic E-state index is 12.2. The fourth-order valence-electron chi connectivity index (χ4n) is 3.52. The van der Waals surface area contributed by atoms with Crippen LogP contribution in [0, 0.1) is 0 Å². The van der Waals surface area contributed by atoms with Crippen LogP contribution in [0.3, 0.4) is 0 Å². The Bertz CT molecular complexity index is 1060. The molecule has 10 heteroatoms. The second-order valence-electron chi connectivity index (χ2n) is 10.4. The van der Waals surface area contributed by atoms with Crippen LogP contribution < -0.4 is 21.4 Å². The van der Waals surface area contributed by atoms with Crippen LogP contribution in [-0.4, -0.2) is 47.6 Å². The number of ether oxygens (including phenoxy) is 1. The molecular formula is C24H35BN4O5. The van der Waals surface area contributed by atoms with Gasteiger partial charge >= 0.3 is 19.2 Å². The van der Waals surface area contributed by atoms with E-state index in [1.54, 1.807) is 12.3 Å². The minimum atomic E-state index is -0.597. The van der Waals surface area contributed by atoms with Crippen molar-refractivity contribution in [2.75, 3.05) is 11.9 Å². The predicted octanol–water partition coefficient (Wildman–Crippen LogP) is 3.70. The van der Waals surface area contributed by atoms with E-state index >= 15 is 0 Å². The Morgan fingerprint density at radius 3 is 2.29 bits per heavy atom. The van der Waals surface area contributed by atoms with Crippen LogP contribution in [0.2, 0.25) is 0 Å². The van der Waals surface area contributed by atoms with Gasteiger partial charge in [0.05, 0.1) is 11.2 Å². The van der Waals surface area contributed by atoms with Gasteiger partial charge in [-0.1, -0.05) is 12.1 Å². The first kappa shape index (κ1) is 25.8. The van der Waals surface area contributed by atoms with Crippen molar-refractivity contribution in [1.82, 2.24) is 15.6 Å². The first-order valence-electron chi connectivity index (χ1n) is 11.5. The number of anilines is 1. The van der Waals surface area contributed by atoms with E-state index in [0.717, 1.165) is 21.8 Å². The summed E-state index contributed by atoms with van der Waals surface area (Å²) >= 11 is 0. The van der Waals surface area contributed by atoms with Crippen molar-refractivity contribution in [2.45, 2.75) is 78.7 Å². The summed E-state index contributed by atoms with van der Waals surface area (Å²) in [4.78, 5) is 28.6. The zero-order valence-electron chi connectivity index (χ0n) is 21.3. The van der Waals surface area contributed by atoms with Crippen LogP contribution in [0.1, 0.15) is 61.0 Å². The number of hydrogen-bond donors (Lipinski definition) is 3. The summed E-state index contributed by atoms with van der Waals surface area (Å²) in [6, 6.07) is 5.29. The van der Waals surface area contributed by atoms with Gasteiger partial charge in [-0.2, -0.15) is 0 Å². The molecule has 1 aromatic heterocycles. The number of nitrogens with one attached hydrogen (secondary N) is 3. The van der Waals surface area contributed by atoms with Gasteiger partial charge in [-0.25, -0.2) is 14.6 Å². The van der Waals surface area contributed by atoms with Crippen LogP contribution >= 0.6 is 0 Å². The molecule has 3 rings (SSSR count). The maximum absolute atomic E-state index is 12.2. The standard InChI is InChI=1S/C24H35BN4O5/c1-9-26-20(30)29-19-12-16-17(14-27-19)15(13-28-21(31)32-22(2,3)4)10-11-18(16)25-33-23(5,6)24(7,8)34-25/h10-12,14H,9,13H2,1-8H3,(H,28,31)(H2,26,27,29,30). The maximum Gasteiger partial charge on any atom is 0.495 e. The van der Waals surface area contributed by atoms with Gasteiger partial charge in [-0.05, 0) is 77.9 Å². The number of pyridine rings is 1. The zero-order valence-corrected chi connectivity index (χ0v) is 21.3. The fraction of sp³-hybridized carbons (Fsp3) is 0.542. The van der Waals surface area contributed by atoms with Crippen LogP contribution in [0.4, 0.5) is 15.4 Å². The van der Waals surface area contributed by atoms with E-state index in [2.05, 4.69) is 20.9 Å². The Morgan fingerprint density at radius 1 is 1.06 bits per heavy atom. The number of amides is 3. The Labute approximate surface area is 201 Å². The molecule has 0 saturated carbocycles. The number of carbonyl (C=O) groups excluding carboxylic acids is 2. The van der Waals surface area contributed by atoms with Crippen molar-refractivity contribution in [3.8, 4) is 0 Å². The van der Waals surface area contributed by atoms with Crippen LogP contribution in [0.15, 0.2) is 24.4 Å². The molecule has 0 bridgehead atoms. The molecule has 1 aromatic carbocycles. The first-order valence-corrected chi connectivity index (χ1v) is 11.5. The largest absolute Gasteiger partial charge is 0.495 e. The van der Waals surface area contributed by atoms with Crippen molar-refractivity contribution in [3.63, 3.8) is 0 Å². The third-order valence-corrected chi connectivity index (χ3v) is 5.93. The zero-order chi connectivity index (χ0) is 25.3. The topological polar surface area (TPSA) is 111 Å². The molecule has 0 atom stereocenters. The molecule has 0 radical (unpaired) electrons. The summed E-state index contributed by atoms with van der Waals surface area (Å²) in [5.41, 5.74) is 0.0641. The number of nitrogens with zero attached hydrogens (tertiary/aromatic N) is 1. The summed E-state index contributed by atoms with van der Waals surface area (Å²) in [7, 11) is -0.597. The quantitative estimate of drug-likeness (QED) is 0.575. The number of aromatic nitrogens is 1. The highest BCUT2D eigenvalue weighted by Gasteiger charge is 2.52. The Kier molecular flexibility index (Phi) is 7.14. The second kappa shape index (κ2) is 9.42. The lowest BCUT2D eigenvalue weighted by atomic mass is 9.75.